The van der Waals surface area contributed by atoms with Gasteiger partial charge in [-0.3, -0.25) is 0 Å². The summed E-state index contributed by atoms with van der Waals surface area (Å²) in [7, 11) is -1.09. The number of carboxylic acids is 1. The van der Waals surface area contributed by atoms with Crippen molar-refractivity contribution in [3.8, 4) is 5.75 Å². The van der Waals surface area contributed by atoms with Gasteiger partial charge in [0.15, 0.2) is 0 Å². The van der Waals surface area contributed by atoms with E-state index in [2.05, 4.69) is 46.0 Å². The van der Waals surface area contributed by atoms with Gasteiger partial charge in [0.1, 0.15) is 5.75 Å². The van der Waals surface area contributed by atoms with E-state index < -0.39 is 26.7 Å². The summed E-state index contributed by atoms with van der Waals surface area (Å²) in [6.07, 6.45) is 5.87. The molecule has 0 aliphatic heterocycles. The summed E-state index contributed by atoms with van der Waals surface area (Å²) in [6.45, 7) is 11.0. The van der Waals surface area contributed by atoms with Crippen LogP contribution in [0.25, 0.3) is 5.57 Å². The quantitative estimate of drug-likeness (QED) is 0.249. The number of aliphatic carboxylic acids is 1. The molecule has 1 N–H and O–H groups in total. The molecule has 0 heterocycles. The predicted molar refractivity (Wildman–Crippen MR) is 158 cm³/mol. The highest BCUT2D eigenvalue weighted by atomic mass is 28.3. The Kier molecular flexibility index (Phi) is 7.99. The third-order valence-electron chi connectivity index (χ3n) is 9.40. The molecule has 4 bridgehead atoms. The maximum Gasteiger partial charge on any atom is 0.416 e. The van der Waals surface area contributed by atoms with Crippen molar-refractivity contribution in [2.45, 2.75) is 102 Å². The molecule has 0 aromatic heterocycles. The zero-order valence-corrected chi connectivity index (χ0v) is 25.8. The van der Waals surface area contributed by atoms with Gasteiger partial charge in [-0.15, -0.1) is 0 Å². The fourth-order valence-corrected chi connectivity index (χ4v) is 8.98. The smallest absolute Gasteiger partial charge is 0.416 e. The zero-order valence-electron chi connectivity index (χ0n) is 24.8. The molecule has 2 aromatic rings. The lowest BCUT2D eigenvalue weighted by atomic mass is 9.47. The van der Waals surface area contributed by atoms with Crippen molar-refractivity contribution in [2.75, 3.05) is 0 Å². The summed E-state index contributed by atoms with van der Waals surface area (Å²) >= 11 is 0. The van der Waals surface area contributed by atoms with Crippen molar-refractivity contribution in [2.24, 2.45) is 17.8 Å². The van der Waals surface area contributed by atoms with E-state index in [0.717, 1.165) is 41.2 Å². The number of carboxylic acid groups (broad SMARTS) is 1. The normalized spacial score (nSPS) is 26.1. The third-order valence-corrected chi connectivity index (χ3v) is 10.0. The molecule has 0 unspecified atom stereocenters. The molecule has 7 heteroatoms. The molecule has 4 aliphatic carbocycles. The van der Waals surface area contributed by atoms with E-state index in [1.165, 1.54) is 61.8 Å². The van der Waals surface area contributed by atoms with Crippen LogP contribution in [0.1, 0.15) is 93.5 Å². The summed E-state index contributed by atoms with van der Waals surface area (Å²) in [4.78, 5) is 12.1. The molecule has 4 aliphatic rings. The number of allylic oxidation sites excluding steroid dienone is 1. The average molecular weight is 584 g/mol. The van der Waals surface area contributed by atoms with Gasteiger partial charge in [-0.2, -0.15) is 13.2 Å². The molecule has 41 heavy (non-hydrogen) atoms. The van der Waals surface area contributed by atoms with Crippen molar-refractivity contribution in [3.63, 3.8) is 0 Å². The van der Waals surface area contributed by atoms with Gasteiger partial charge in [-0.05, 0) is 122 Å². The van der Waals surface area contributed by atoms with Gasteiger partial charge < -0.3 is 9.53 Å². The molecule has 1 radical (unpaired) electrons. The van der Waals surface area contributed by atoms with Gasteiger partial charge in [-0.1, -0.05) is 51.1 Å². The summed E-state index contributed by atoms with van der Waals surface area (Å²) in [5.41, 5.74) is 2.96. The Morgan fingerprint density at radius 1 is 1.02 bits per heavy atom. The molecular weight excluding hydrogens is 541 g/mol. The van der Waals surface area contributed by atoms with Crippen LogP contribution in [0.2, 0.25) is 13.1 Å². The van der Waals surface area contributed by atoms with Crippen LogP contribution < -0.4 is 4.43 Å². The number of aryl methyl sites for hydroxylation is 1. The molecule has 0 spiro atoms. The Morgan fingerprint density at radius 3 is 2.15 bits per heavy atom. The molecule has 0 atom stereocenters. The van der Waals surface area contributed by atoms with Crippen molar-refractivity contribution >= 4 is 20.6 Å². The molecule has 221 valence electrons. The number of carbonyl (C=O) groups is 1. The van der Waals surface area contributed by atoms with Gasteiger partial charge in [0, 0.05) is 5.56 Å². The van der Waals surface area contributed by atoms with E-state index in [1.54, 1.807) is 6.08 Å². The molecular formula is C34H42F3O3Si. The maximum absolute atomic E-state index is 13.3. The topological polar surface area (TPSA) is 46.5 Å². The molecule has 0 amide bonds. The summed E-state index contributed by atoms with van der Waals surface area (Å²) in [5, 5.41) is 9.86. The Balaban J connectivity index is 1.51. The highest BCUT2D eigenvalue weighted by Gasteiger charge is 2.53. The summed E-state index contributed by atoms with van der Waals surface area (Å²) in [6, 6.07) is 9.07. The lowest BCUT2D eigenvalue weighted by molar-refractivity contribution is -0.137. The minimum absolute atomic E-state index is 0.0592. The highest BCUT2D eigenvalue weighted by molar-refractivity contribution is 6.49. The van der Waals surface area contributed by atoms with Crippen LogP contribution in [-0.2, 0) is 28.2 Å². The first-order chi connectivity index (χ1) is 19.2. The SMILES string of the molecule is C[Si](C)Oc1c(CCC=C(C(=O)O)c2cccc(C(F)(F)F)c2)ccc(C23CC4CC(CC(C4)C2)C3)c1C(C)(C)C. The minimum Gasteiger partial charge on any atom is -0.542 e. The number of halogens is 3. The van der Waals surface area contributed by atoms with E-state index in [1.807, 2.05) is 0 Å². The van der Waals surface area contributed by atoms with Crippen LogP contribution in [-0.4, -0.2) is 20.1 Å². The molecule has 6 rings (SSSR count). The molecule has 4 saturated carbocycles. The minimum atomic E-state index is -4.53. The Morgan fingerprint density at radius 2 is 1.63 bits per heavy atom. The Bertz CT molecular complexity index is 1300. The zero-order chi connectivity index (χ0) is 29.7. The predicted octanol–water partition coefficient (Wildman–Crippen LogP) is 9.20. The lowest BCUT2D eigenvalue weighted by Crippen LogP contribution is -2.49. The maximum atomic E-state index is 13.3. The number of benzene rings is 2. The second kappa shape index (κ2) is 10.9. The van der Waals surface area contributed by atoms with Crippen LogP contribution in [0.5, 0.6) is 5.75 Å². The van der Waals surface area contributed by atoms with Gasteiger partial charge in [0.25, 0.3) is 9.04 Å². The van der Waals surface area contributed by atoms with Gasteiger partial charge >= 0.3 is 12.1 Å². The van der Waals surface area contributed by atoms with Crippen molar-refractivity contribution in [3.05, 3.63) is 70.3 Å². The van der Waals surface area contributed by atoms with Crippen molar-refractivity contribution in [1.82, 2.24) is 0 Å². The fourth-order valence-electron chi connectivity index (χ4n) is 8.33. The van der Waals surface area contributed by atoms with Crippen LogP contribution >= 0.6 is 0 Å². The lowest BCUT2D eigenvalue weighted by Gasteiger charge is -2.58. The molecule has 4 fully saturated rings. The Labute approximate surface area is 243 Å². The van der Waals surface area contributed by atoms with Gasteiger partial charge in [0.05, 0.1) is 11.1 Å². The van der Waals surface area contributed by atoms with Crippen LogP contribution in [0.4, 0.5) is 13.2 Å². The molecule has 3 nitrogen and oxygen atoms in total. The monoisotopic (exact) mass is 583 g/mol. The number of alkyl halides is 3. The van der Waals surface area contributed by atoms with Crippen LogP contribution in [0.15, 0.2) is 42.5 Å². The van der Waals surface area contributed by atoms with Crippen molar-refractivity contribution in [1.29, 1.82) is 0 Å². The largest absolute Gasteiger partial charge is 0.542 e. The van der Waals surface area contributed by atoms with E-state index in [-0.39, 0.29) is 22.0 Å². The van der Waals surface area contributed by atoms with E-state index in [9.17, 15) is 23.1 Å². The molecule has 2 aromatic carbocycles. The summed E-state index contributed by atoms with van der Waals surface area (Å²) in [5.74, 6) is 2.19. The first-order valence-corrected chi connectivity index (χ1v) is 17.3. The highest BCUT2D eigenvalue weighted by Crippen LogP contribution is 2.62. The van der Waals surface area contributed by atoms with Crippen molar-refractivity contribution < 1.29 is 27.5 Å². The van der Waals surface area contributed by atoms with E-state index >= 15 is 0 Å². The van der Waals surface area contributed by atoms with Gasteiger partial charge in [-0.25, -0.2) is 4.79 Å². The number of rotatable bonds is 8. The number of hydrogen-bond acceptors (Lipinski definition) is 2. The average Bonchev–Trinajstić information content (AvgIpc) is 2.84. The first kappa shape index (κ1) is 29.9. The fraction of sp³-hybridized carbons (Fsp3) is 0.559. The second-order valence-corrected chi connectivity index (χ2v) is 16.0. The Hall–Kier alpha value is -2.54. The first-order valence-electron chi connectivity index (χ1n) is 14.9. The third kappa shape index (κ3) is 6.16. The van der Waals surface area contributed by atoms with Crippen LogP contribution in [0.3, 0.4) is 0 Å². The summed E-state index contributed by atoms with van der Waals surface area (Å²) < 4.78 is 46.5. The van der Waals surface area contributed by atoms with Gasteiger partial charge in [0.2, 0.25) is 0 Å². The molecule has 0 saturated heterocycles. The second-order valence-electron chi connectivity index (χ2n) is 14.0. The number of hydrogen-bond donors (Lipinski definition) is 1. The van der Waals surface area contributed by atoms with E-state index in [0.29, 0.717) is 12.8 Å². The van der Waals surface area contributed by atoms with E-state index in [4.69, 9.17) is 4.43 Å². The van der Waals surface area contributed by atoms with Crippen LogP contribution in [0, 0.1) is 17.8 Å². The standard InChI is InChI=1S/C34H42F3O3Si/c1-32(2,3)29-28(33-18-21-14-22(19-33)16-23(15-21)20-33)13-12-24(30(29)40-41(4)5)8-7-11-27(31(38)39)25-9-6-10-26(17-25)34(35,36)37/h6,9-13,17,21-23H,7-8,14-16,18-20H2,1-5H3,(H,38,39).